The van der Waals surface area contributed by atoms with E-state index in [1.54, 1.807) is 12.3 Å². The third kappa shape index (κ3) is 4.87. The number of piperidine rings is 1. The van der Waals surface area contributed by atoms with Crippen molar-refractivity contribution in [3.63, 3.8) is 0 Å². The number of nitriles is 1. The Balaban J connectivity index is 1.36. The predicted molar refractivity (Wildman–Crippen MR) is 96.4 cm³/mol. The van der Waals surface area contributed by atoms with Gasteiger partial charge in [0.2, 0.25) is 5.91 Å². The van der Waals surface area contributed by atoms with E-state index in [1.165, 1.54) is 0 Å². The number of carbonyl (C=O) groups is 1. The fraction of sp³-hybridized carbons (Fsp3) is 0.400. The molecule has 1 aromatic heterocycles. The van der Waals surface area contributed by atoms with Crippen molar-refractivity contribution in [2.75, 3.05) is 26.2 Å². The highest BCUT2D eigenvalue weighted by molar-refractivity contribution is 5.78. The fourth-order valence-corrected chi connectivity index (χ4v) is 3.12. The normalized spacial score (nSPS) is 15.3. The van der Waals surface area contributed by atoms with E-state index in [4.69, 9.17) is 14.4 Å². The lowest BCUT2D eigenvalue weighted by Gasteiger charge is -2.31. The van der Waals surface area contributed by atoms with Crippen molar-refractivity contribution in [2.24, 2.45) is 5.92 Å². The molecule has 26 heavy (non-hydrogen) atoms. The van der Waals surface area contributed by atoms with E-state index < -0.39 is 0 Å². The second-order valence-electron chi connectivity index (χ2n) is 6.37. The zero-order valence-electron chi connectivity index (χ0n) is 14.7. The number of nitrogens with one attached hydrogen (secondary N) is 1. The van der Waals surface area contributed by atoms with Gasteiger partial charge in [0, 0.05) is 12.5 Å². The number of benzene rings is 1. The first-order valence-electron chi connectivity index (χ1n) is 8.90. The molecule has 2 aromatic rings. The van der Waals surface area contributed by atoms with Gasteiger partial charge in [-0.05, 0) is 50.2 Å². The number of hydrogen-bond donors (Lipinski definition) is 1. The minimum Gasteiger partial charge on any atom is -0.491 e. The molecular weight excluding hydrogens is 330 g/mol. The molecule has 0 saturated carbocycles. The molecule has 1 amide bonds. The molecule has 0 atom stereocenters. The van der Waals surface area contributed by atoms with Gasteiger partial charge >= 0.3 is 0 Å². The summed E-state index contributed by atoms with van der Waals surface area (Å²) in [6, 6.07) is 13.1. The van der Waals surface area contributed by atoms with Gasteiger partial charge in [-0.2, -0.15) is 5.26 Å². The zero-order chi connectivity index (χ0) is 18.2. The van der Waals surface area contributed by atoms with Crippen LogP contribution in [0.3, 0.4) is 0 Å². The smallest absolute Gasteiger partial charge is 0.223 e. The Labute approximate surface area is 153 Å². The van der Waals surface area contributed by atoms with Gasteiger partial charge in [0.05, 0.1) is 18.4 Å². The molecule has 1 aromatic carbocycles. The first-order valence-corrected chi connectivity index (χ1v) is 8.90. The number of para-hydroxylation sites is 1. The number of ether oxygens (including phenoxy) is 1. The molecule has 3 rings (SSSR count). The summed E-state index contributed by atoms with van der Waals surface area (Å²) in [4.78, 5) is 14.5. The molecule has 6 heteroatoms. The van der Waals surface area contributed by atoms with Crippen molar-refractivity contribution in [1.82, 2.24) is 10.2 Å². The number of likely N-dealkylation sites (tertiary alicyclic amines) is 1. The van der Waals surface area contributed by atoms with E-state index >= 15 is 0 Å². The largest absolute Gasteiger partial charge is 0.491 e. The molecule has 1 fully saturated rings. The van der Waals surface area contributed by atoms with Crippen LogP contribution in [0.2, 0.25) is 0 Å². The maximum Gasteiger partial charge on any atom is 0.223 e. The Kier molecular flexibility index (Phi) is 6.29. The van der Waals surface area contributed by atoms with Crippen LogP contribution < -0.4 is 10.1 Å². The number of furan rings is 1. The lowest BCUT2D eigenvalue weighted by atomic mass is 9.96. The minimum absolute atomic E-state index is 0.0569. The Morgan fingerprint density at radius 1 is 1.27 bits per heavy atom. The van der Waals surface area contributed by atoms with E-state index in [0.29, 0.717) is 24.5 Å². The molecule has 0 bridgehead atoms. The van der Waals surface area contributed by atoms with Crippen molar-refractivity contribution in [1.29, 1.82) is 5.26 Å². The summed E-state index contributed by atoms with van der Waals surface area (Å²) in [6.45, 7) is 3.52. The molecule has 0 unspecified atom stereocenters. The Morgan fingerprint density at radius 3 is 2.81 bits per heavy atom. The fourth-order valence-electron chi connectivity index (χ4n) is 3.12. The molecular formula is C20H23N3O3. The number of nitrogens with zero attached hydrogens (tertiary/aromatic N) is 2. The standard InChI is InChI=1S/C20H23N3O3/c21-14-17-4-1-2-6-19(17)26-13-11-23-9-7-16(8-10-23)20(24)22-15-18-5-3-12-25-18/h1-6,12,16H,7-11,13,15H2,(H,22,24). The van der Waals surface area contributed by atoms with E-state index in [0.717, 1.165) is 38.2 Å². The summed E-state index contributed by atoms with van der Waals surface area (Å²) in [5.74, 6) is 1.55. The predicted octanol–water partition coefficient (Wildman–Crippen LogP) is 2.56. The summed E-state index contributed by atoms with van der Waals surface area (Å²) in [5, 5.41) is 12.0. The van der Waals surface area contributed by atoms with Crippen molar-refractivity contribution < 1.29 is 13.9 Å². The number of hydrogen-bond acceptors (Lipinski definition) is 5. The second kappa shape index (κ2) is 9.07. The Hall–Kier alpha value is -2.78. The summed E-state index contributed by atoms with van der Waals surface area (Å²) in [5.41, 5.74) is 0.555. The van der Waals surface area contributed by atoms with Crippen LogP contribution in [-0.4, -0.2) is 37.0 Å². The topological polar surface area (TPSA) is 78.5 Å². The average molecular weight is 353 g/mol. The van der Waals surface area contributed by atoms with Crippen LogP contribution in [0.25, 0.3) is 0 Å². The van der Waals surface area contributed by atoms with Gasteiger partial charge < -0.3 is 14.5 Å². The first-order chi connectivity index (χ1) is 12.8. The SMILES string of the molecule is N#Cc1ccccc1OCCN1CCC(C(=O)NCc2ccco2)CC1. The van der Waals surface area contributed by atoms with Crippen LogP contribution in [0.4, 0.5) is 0 Å². The molecule has 0 aliphatic carbocycles. The first kappa shape index (κ1) is 18.0. The monoisotopic (exact) mass is 353 g/mol. The van der Waals surface area contributed by atoms with Crippen LogP contribution in [-0.2, 0) is 11.3 Å². The van der Waals surface area contributed by atoms with E-state index in [2.05, 4.69) is 16.3 Å². The van der Waals surface area contributed by atoms with Crippen LogP contribution in [0, 0.1) is 17.2 Å². The van der Waals surface area contributed by atoms with Gasteiger partial charge in [-0.25, -0.2) is 0 Å². The highest BCUT2D eigenvalue weighted by Crippen LogP contribution is 2.19. The van der Waals surface area contributed by atoms with E-state index in [9.17, 15) is 4.79 Å². The second-order valence-corrected chi connectivity index (χ2v) is 6.37. The number of rotatable bonds is 7. The van der Waals surface area contributed by atoms with Gasteiger partial charge in [0.1, 0.15) is 24.2 Å². The maximum absolute atomic E-state index is 12.2. The lowest BCUT2D eigenvalue weighted by Crippen LogP contribution is -2.41. The zero-order valence-corrected chi connectivity index (χ0v) is 14.7. The Bertz CT molecular complexity index is 744. The average Bonchev–Trinajstić information content (AvgIpc) is 3.20. The molecule has 0 spiro atoms. The molecule has 1 aliphatic rings. The van der Waals surface area contributed by atoms with Crippen molar-refractivity contribution in [3.05, 3.63) is 54.0 Å². The molecule has 0 radical (unpaired) electrons. The molecule has 2 heterocycles. The highest BCUT2D eigenvalue weighted by Gasteiger charge is 2.24. The van der Waals surface area contributed by atoms with Crippen molar-refractivity contribution in [2.45, 2.75) is 19.4 Å². The lowest BCUT2D eigenvalue weighted by molar-refractivity contribution is -0.126. The van der Waals surface area contributed by atoms with Crippen LogP contribution in [0.15, 0.2) is 47.1 Å². The molecule has 1 N–H and O–H groups in total. The van der Waals surface area contributed by atoms with Gasteiger partial charge in [-0.1, -0.05) is 12.1 Å². The molecule has 6 nitrogen and oxygen atoms in total. The molecule has 1 aliphatic heterocycles. The van der Waals surface area contributed by atoms with E-state index in [1.807, 2.05) is 30.3 Å². The quantitative estimate of drug-likeness (QED) is 0.828. The van der Waals surface area contributed by atoms with Gasteiger partial charge in [-0.3, -0.25) is 9.69 Å². The highest BCUT2D eigenvalue weighted by atomic mass is 16.5. The Morgan fingerprint density at radius 2 is 2.08 bits per heavy atom. The van der Waals surface area contributed by atoms with Crippen LogP contribution in [0.5, 0.6) is 5.75 Å². The van der Waals surface area contributed by atoms with E-state index in [-0.39, 0.29) is 11.8 Å². The third-order valence-corrected chi connectivity index (χ3v) is 4.65. The molecule has 136 valence electrons. The summed E-state index contributed by atoms with van der Waals surface area (Å²) < 4.78 is 11.0. The summed E-state index contributed by atoms with van der Waals surface area (Å²) in [6.07, 6.45) is 3.30. The molecule has 1 saturated heterocycles. The van der Waals surface area contributed by atoms with Crippen molar-refractivity contribution >= 4 is 5.91 Å². The van der Waals surface area contributed by atoms with Crippen LogP contribution >= 0.6 is 0 Å². The third-order valence-electron chi connectivity index (χ3n) is 4.65. The number of carbonyl (C=O) groups excluding carboxylic acids is 1. The summed E-state index contributed by atoms with van der Waals surface area (Å²) >= 11 is 0. The van der Waals surface area contributed by atoms with Gasteiger partial charge in [0.15, 0.2) is 0 Å². The minimum atomic E-state index is 0.0569. The van der Waals surface area contributed by atoms with Crippen molar-refractivity contribution in [3.8, 4) is 11.8 Å². The number of amides is 1. The van der Waals surface area contributed by atoms with Gasteiger partial charge in [-0.15, -0.1) is 0 Å². The van der Waals surface area contributed by atoms with Crippen LogP contribution in [0.1, 0.15) is 24.2 Å². The summed E-state index contributed by atoms with van der Waals surface area (Å²) in [7, 11) is 0. The maximum atomic E-state index is 12.2. The van der Waals surface area contributed by atoms with Gasteiger partial charge in [0.25, 0.3) is 0 Å².